The van der Waals surface area contributed by atoms with Gasteiger partial charge in [0.2, 0.25) is 5.91 Å². The molecule has 2 rings (SSSR count). The molecule has 1 saturated heterocycles. The molecule has 0 radical (unpaired) electrons. The van der Waals surface area contributed by atoms with E-state index in [1.54, 1.807) is 0 Å². The third kappa shape index (κ3) is 3.15. The van der Waals surface area contributed by atoms with E-state index in [1.165, 1.54) is 7.11 Å². The van der Waals surface area contributed by atoms with E-state index in [9.17, 15) is 9.59 Å². The molecular formula is C16H27NO3. The second-order valence-electron chi connectivity index (χ2n) is 6.89. The minimum absolute atomic E-state index is 0.0418. The molecule has 0 aromatic carbocycles. The van der Waals surface area contributed by atoms with Gasteiger partial charge in [0.15, 0.2) is 0 Å². The lowest BCUT2D eigenvalue weighted by atomic mass is 9.80. The molecule has 1 heterocycles. The Morgan fingerprint density at radius 2 is 1.95 bits per heavy atom. The molecule has 2 aliphatic rings. The third-order valence-corrected chi connectivity index (χ3v) is 5.10. The van der Waals surface area contributed by atoms with Crippen LogP contribution < -0.4 is 0 Å². The van der Waals surface area contributed by atoms with Crippen LogP contribution in [0.1, 0.15) is 58.8 Å². The van der Waals surface area contributed by atoms with Crippen molar-refractivity contribution in [2.45, 2.75) is 64.8 Å². The van der Waals surface area contributed by atoms with Crippen LogP contribution in [0.5, 0.6) is 0 Å². The summed E-state index contributed by atoms with van der Waals surface area (Å²) in [5.41, 5.74) is 0.102. The molecule has 2 fully saturated rings. The van der Waals surface area contributed by atoms with Crippen molar-refractivity contribution in [1.82, 2.24) is 4.90 Å². The molecule has 4 heteroatoms. The predicted molar refractivity (Wildman–Crippen MR) is 77.1 cm³/mol. The molecule has 2 unspecified atom stereocenters. The lowest BCUT2D eigenvalue weighted by Crippen LogP contribution is -2.49. The molecule has 0 aromatic rings. The van der Waals surface area contributed by atoms with E-state index >= 15 is 0 Å². The maximum absolute atomic E-state index is 12.9. The van der Waals surface area contributed by atoms with E-state index in [1.807, 2.05) is 4.90 Å². The molecule has 4 nitrogen and oxygen atoms in total. The van der Waals surface area contributed by atoms with Crippen LogP contribution in [-0.4, -0.2) is 36.5 Å². The van der Waals surface area contributed by atoms with Crippen molar-refractivity contribution >= 4 is 11.9 Å². The Labute approximate surface area is 121 Å². The van der Waals surface area contributed by atoms with E-state index in [2.05, 4.69) is 13.8 Å². The fourth-order valence-electron chi connectivity index (χ4n) is 3.76. The quantitative estimate of drug-likeness (QED) is 0.747. The van der Waals surface area contributed by atoms with Gasteiger partial charge >= 0.3 is 5.97 Å². The number of likely N-dealkylation sites (tertiary alicyclic amines) is 1. The zero-order valence-electron chi connectivity index (χ0n) is 13.0. The zero-order chi connectivity index (χ0) is 14.8. The summed E-state index contributed by atoms with van der Waals surface area (Å²) in [6, 6.07) is 0.0418. The van der Waals surface area contributed by atoms with E-state index in [-0.39, 0.29) is 29.3 Å². The van der Waals surface area contributed by atoms with Gasteiger partial charge in [-0.15, -0.1) is 0 Å². The van der Waals surface area contributed by atoms with Crippen molar-refractivity contribution in [3.63, 3.8) is 0 Å². The predicted octanol–water partition coefficient (Wildman–Crippen LogP) is 2.76. The average molecular weight is 281 g/mol. The molecule has 1 saturated carbocycles. The third-order valence-electron chi connectivity index (χ3n) is 5.10. The van der Waals surface area contributed by atoms with Crippen molar-refractivity contribution in [1.29, 1.82) is 0 Å². The smallest absolute Gasteiger partial charge is 0.307 e. The van der Waals surface area contributed by atoms with E-state index in [0.29, 0.717) is 6.42 Å². The van der Waals surface area contributed by atoms with Crippen molar-refractivity contribution in [2.24, 2.45) is 11.3 Å². The summed E-state index contributed by atoms with van der Waals surface area (Å²) in [5, 5.41) is 0. The number of amides is 1. The lowest BCUT2D eigenvalue weighted by Gasteiger charge is -2.39. The van der Waals surface area contributed by atoms with Crippen LogP contribution in [0.4, 0.5) is 0 Å². The Bertz CT molecular complexity index is 378. The standard InChI is InChI=1S/C16H27NO3/c1-16(2)9-6-8-13(16)15(19)17-10-5-4-7-12(17)11-14(18)20-3/h12-13H,4-11H2,1-3H3. The fraction of sp³-hybridized carbons (Fsp3) is 0.875. The Hall–Kier alpha value is -1.06. The van der Waals surface area contributed by atoms with E-state index in [0.717, 1.165) is 45.1 Å². The molecule has 0 aromatic heterocycles. The number of methoxy groups -OCH3 is 1. The number of esters is 1. The van der Waals surface area contributed by atoms with Crippen LogP contribution in [-0.2, 0) is 14.3 Å². The summed E-state index contributed by atoms with van der Waals surface area (Å²) in [6.07, 6.45) is 6.67. The first-order valence-corrected chi connectivity index (χ1v) is 7.83. The number of carbonyl (C=O) groups is 2. The Kier molecular flexibility index (Phi) is 4.71. The zero-order valence-corrected chi connectivity index (χ0v) is 13.0. The number of rotatable bonds is 3. The molecule has 0 spiro atoms. The number of hydrogen-bond acceptors (Lipinski definition) is 3. The van der Waals surface area contributed by atoms with Gasteiger partial charge in [-0.1, -0.05) is 20.3 Å². The molecule has 20 heavy (non-hydrogen) atoms. The average Bonchev–Trinajstić information content (AvgIpc) is 2.78. The van der Waals surface area contributed by atoms with Crippen molar-refractivity contribution in [3.05, 3.63) is 0 Å². The van der Waals surface area contributed by atoms with Gasteiger partial charge in [0.1, 0.15) is 0 Å². The van der Waals surface area contributed by atoms with Crippen LogP contribution in [0.25, 0.3) is 0 Å². The highest BCUT2D eigenvalue weighted by Crippen LogP contribution is 2.44. The van der Waals surface area contributed by atoms with Gasteiger partial charge in [-0.2, -0.15) is 0 Å². The van der Waals surface area contributed by atoms with Gasteiger partial charge in [0.25, 0.3) is 0 Å². The van der Waals surface area contributed by atoms with Crippen LogP contribution in [0.3, 0.4) is 0 Å². The highest BCUT2D eigenvalue weighted by atomic mass is 16.5. The molecule has 114 valence electrons. The van der Waals surface area contributed by atoms with Crippen molar-refractivity contribution < 1.29 is 14.3 Å². The number of ether oxygens (including phenoxy) is 1. The van der Waals surface area contributed by atoms with Gasteiger partial charge in [-0.25, -0.2) is 0 Å². The lowest BCUT2D eigenvalue weighted by molar-refractivity contribution is -0.147. The maximum atomic E-state index is 12.9. The summed E-state index contributed by atoms with van der Waals surface area (Å²) < 4.78 is 4.77. The minimum atomic E-state index is -0.208. The maximum Gasteiger partial charge on any atom is 0.307 e. The summed E-state index contributed by atoms with van der Waals surface area (Å²) in [5.74, 6) is 0.183. The normalized spacial score (nSPS) is 29.2. The first-order valence-electron chi connectivity index (χ1n) is 7.83. The first kappa shape index (κ1) is 15.3. The van der Waals surface area contributed by atoms with Crippen LogP contribution in [0, 0.1) is 11.3 Å². The van der Waals surface area contributed by atoms with Gasteiger partial charge < -0.3 is 9.64 Å². The second-order valence-corrected chi connectivity index (χ2v) is 6.89. The number of piperidine rings is 1. The van der Waals surface area contributed by atoms with E-state index in [4.69, 9.17) is 4.74 Å². The SMILES string of the molecule is COC(=O)CC1CCCCN1C(=O)C1CCCC1(C)C. The Morgan fingerprint density at radius 3 is 2.55 bits per heavy atom. The minimum Gasteiger partial charge on any atom is -0.469 e. The van der Waals surface area contributed by atoms with Crippen LogP contribution >= 0.6 is 0 Å². The molecule has 1 aliphatic heterocycles. The van der Waals surface area contributed by atoms with Gasteiger partial charge in [-0.05, 0) is 37.5 Å². The Morgan fingerprint density at radius 1 is 1.20 bits per heavy atom. The van der Waals surface area contributed by atoms with Gasteiger partial charge in [-0.3, -0.25) is 9.59 Å². The molecular weight excluding hydrogens is 254 g/mol. The van der Waals surface area contributed by atoms with Crippen molar-refractivity contribution in [2.75, 3.05) is 13.7 Å². The number of carbonyl (C=O) groups excluding carboxylic acids is 2. The summed E-state index contributed by atoms with van der Waals surface area (Å²) >= 11 is 0. The molecule has 1 aliphatic carbocycles. The number of hydrogen-bond donors (Lipinski definition) is 0. The monoisotopic (exact) mass is 281 g/mol. The molecule has 0 N–H and O–H groups in total. The number of nitrogens with zero attached hydrogens (tertiary/aromatic N) is 1. The fourth-order valence-corrected chi connectivity index (χ4v) is 3.76. The molecule has 2 atom stereocenters. The highest BCUT2D eigenvalue weighted by molar-refractivity contribution is 5.81. The van der Waals surface area contributed by atoms with Gasteiger partial charge in [0, 0.05) is 18.5 Å². The molecule has 0 bridgehead atoms. The highest BCUT2D eigenvalue weighted by Gasteiger charge is 2.43. The molecule has 1 amide bonds. The second kappa shape index (κ2) is 6.15. The topological polar surface area (TPSA) is 46.6 Å². The van der Waals surface area contributed by atoms with E-state index < -0.39 is 0 Å². The summed E-state index contributed by atoms with van der Waals surface area (Å²) in [7, 11) is 1.41. The largest absolute Gasteiger partial charge is 0.469 e. The summed E-state index contributed by atoms with van der Waals surface area (Å²) in [4.78, 5) is 26.4. The van der Waals surface area contributed by atoms with Crippen molar-refractivity contribution in [3.8, 4) is 0 Å². The summed E-state index contributed by atoms with van der Waals surface area (Å²) in [6.45, 7) is 5.19. The van der Waals surface area contributed by atoms with Crippen LogP contribution in [0.15, 0.2) is 0 Å². The van der Waals surface area contributed by atoms with Gasteiger partial charge in [0.05, 0.1) is 13.5 Å². The Balaban J connectivity index is 2.07. The first-order chi connectivity index (χ1) is 9.45. The van der Waals surface area contributed by atoms with Crippen LogP contribution in [0.2, 0.25) is 0 Å².